The first-order valence-corrected chi connectivity index (χ1v) is 11.1. The van der Waals surface area contributed by atoms with Crippen molar-refractivity contribution in [2.75, 3.05) is 33.9 Å². The Kier molecular flexibility index (Phi) is 7.24. The number of carbonyl (C=O) groups is 2. The summed E-state index contributed by atoms with van der Waals surface area (Å²) in [6.07, 6.45) is 3.44. The zero-order chi connectivity index (χ0) is 22.4. The number of ketones is 1. The van der Waals surface area contributed by atoms with Gasteiger partial charge in [-0.3, -0.25) is 14.6 Å². The highest BCUT2D eigenvalue weighted by molar-refractivity contribution is 7.89. The third-order valence-electron chi connectivity index (χ3n) is 5.11. The van der Waals surface area contributed by atoms with Crippen LogP contribution < -0.4 is 9.47 Å². The van der Waals surface area contributed by atoms with Crippen molar-refractivity contribution < 1.29 is 32.2 Å². The lowest BCUT2D eigenvalue weighted by atomic mass is 9.98. The van der Waals surface area contributed by atoms with Crippen molar-refractivity contribution in [1.29, 1.82) is 0 Å². The molecule has 10 heteroatoms. The first-order chi connectivity index (χ1) is 14.9. The van der Waals surface area contributed by atoms with Crippen molar-refractivity contribution >= 4 is 21.8 Å². The van der Waals surface area contributed by atoms with Gasteiger partial charge in [-0.05, 0) is 37.1 Å². The van der Waals surface area contributed by atoms with E-state index < -0.39 is 34.3 Å². The number of methoxy groups -OCH3 is 2. The minimum atomic E-state index is -3.65. The highest BCUT2D eigenvalue weighted by Crippen LogP contribution is 2.26. The number of ether oxygens (including phenoxy) is 3. The standard InChI is InChI=1S/C21H24N2O7S/c1-28-16-5-6-18(20(12-16)29-2)19(24)14-30-21(25)15-7-10-23(11-8-15)31(26,27)17-4-3-9-22-13-17/h3-6,9,12-13,15H,7-8,10-11,14H2,1-2H3. The topological polar surface area (TPSA) is 112 Å². The van der Waals surface area contributed by atoms with Crippen LogP contribution in [0.5, 0.6) is 11.5 Å². The van der Waals surface area contributed by atoms with Crippen molar-refractivity contribution in [2.24, 2.45) is 5.92 Å². The zero-order valence-electron chi connectivity index (χ0n) is 17.3. The van der Waals surface area contributed by atoms with Crippen LogP contribution in [0.2, 0.25) is 0 Å². The molecule has 0 bridgehead atoms. The third kappa shape index (κ3) is 5.20. The highest BCUT2D eigenvalue weighted by atomic mass is 32.2. The molecule has 0 spiro atoms. The molecule has 31 heavy (non-hydrogen) atoms. The number of hydrogen-bond donors (Lipinski definition) is 0. The Balaban J connectivity index is 1.54. The maximum absolute atomic E-state index is 12.6. The van der Waals surface area contributed by atoms with Crippen LogP contribution in [0.15, 0.2) is 47.6 Å². The van der Waals surface area contributed by atoms with Gasteiger partial charge in [0.25, 0.3) is 0 Å². The number of esters is 1. The number of hydrogen-bond acceptors (Lipinski definition) is 8. The zero-order valence-corrected chi connectivity index (χ0v) is 18.1. The van der Waals surface area contributed by atoms with E-state index in [0.29, 0.717) is 24.3 Å². The molecule has 1 fully saturated rings. The molecule has 166 valence electrons. The van der Waals surface area contributed by atoms with Crippen molar-refractivity contribution in [3.8, 4) is 11.5 Å². The average Bonchev–Trinajstić information content (AvgIpc) is 2.82. The largest absolute Gasteiger partial charge is 0.497 e. The lowest BCUT2D eigenvalue weighted by molar-refractivity contribution is -0.148. The fourth-order valence-electron chi connectivity index (χ4n) is 3.34. The second-order valence-electron chi connectivity index (χ2n) is 6.96. The molecule has 0 amide bonds. The van der Waals surface area contributed by atoms with E-state index in [4.69, 9.17) is 14.2 Å². The van der Waals surface area contributed by atoms with Gasteiger partial charge in [0.1, 0.15) is 16.4 Å². The Morgan fingerprint density at radius 1 is 1.13 bits per heavy atom. The molecule has 2 heterocycles. The van der Waals surface area contributed by atoms with Gasteiger partial charge in [-0.15, -0.1) is 0 Å². The molecule has 0 unspecified atom stereocenters. The van der Waals surface area contributed by atoms with Gasteiger partial charge in [-0.2, -0.15) is 4.31 Å². The summed E-state index contributed by atoms with van der Waals surface area (Å²) in [6, 6.07) is 7.80. The van der Waals surface area contributed by atoms with Crippen LogP contribution in [0, 0.1) is 5.92 Å². The number of benzene rings is 1. The van der Waals surface area contributed by atoms with E-state index in [1.54, 1.807) is 24.3 Å². The first kappa shape index (κ1) is 22.7. The van der Waals surface area contributed by atoms with E-state index in [2.05, 4.69) is 4.98 Å². The summed E-state index contributed by atoms with van der Waals surface area (Å²) in [7, 11) is -0.705. The molecule has 1 aromatic heterocycles. The maximum Gasteiger partial charge on any atom is 0.309 e. The number of rotatable bonds is 8. The van der Waals surface area contributed by atoms with E-state index in [0.717, 1.165) is 0 Å². The van der Waals surface area contributed by atoms with E-state index in [-0.39, 0.29) is 23.5 Å². The second-order valence-corrected chi connectivity index (χ2v) is 8.90. The molecule has 2 aromatic rings. The van der Waals surface area contributed by atoms with E-state index in [1.165, 1.54) is 37.0 Å². The van der Waals surface area contributed by atoms with Crippen molar-refractivity contribution in [1.82, 2.24) is 9.29 Å². The summed E-state index contributed by atoms with van der Waals surface area (Å²) >= 11 is 0. The number of aromatic nitrogens is 1. The average molecular weight is 448 g/mol. The van der Waals surface area contributed by atoms with Gasteiger partial charge in [0.15, 0.2) is 6.61 Å². The van der Waals surface area contributed by atoms with Gasteiger partial charge in [0, 0.05) is 31.5 Å². The predicted molar refractivity (Wildman–Crippen MR) is 111 cm³/mol. The maximum atomic E-state index is 12.6. The third-order valence-corrected chi connectivity index (χ3v) is 7.00. The minimum absolute atomic E-state index is 0.120. The quantitative estimate of drug-likeness (QED) is 0.445. The number of Topliss-reactive ketones (excluding diaryl/α,β-unsaturated/α-hetero) is 1. The monoisotopic (exact) mass is 448 g/mol. The molecule has 1 saturated heterocycles. The summed E-state index contributed by atoms with van der Waals surface area (Å²) in [4.78, 5) is 28.8. The van der Waals surface area contributed by atoms with Crippen LogP contribution in [-0.2, 0) is 19.6 Å². The molecule has 1 aliphatic heterocycles. The smallest absolute Gasteiger partial charge is 0.309 e. The number of carbonyl (C=O) groups excluding carboxylic acids is 2. The molecule has 1 aliphatic rings. The Bertz CT molecular complexity index is 1030. The molecule has 9 nitrogen and oxygen atoms in total. The van der Waals surface area contributed by atoms with Crippen molar-refractivity contribution in [3.63, 3.8) is 0 Å². The summed E-state index contributed by atoms with van der Waals surface area (Å²) in [5.41, 5.74) is 0.286. The number of nitrogens with zero attached hydrogens (tertiary/aromatic N) is 2. The van der Waals surface area contributed by atoms with Crippen molar-refractivity contribution in [3.05, 3.63) is 48.3 Å². The summed E-state index contributed by atoms with van der Waals surface area (Å²) in [5.74, 6) is -0.512. The van der Waals surface area contributed by atoms with Crippen LogP contribution in [0.1, 0.15) is 23.2 Å². The molecular formula is C21H24N2O7S. The second kappa shape index (κ2) is 9.88. The number of piperidine rings is 1. The molecule has 0 aliphatic carbocycles. The van der Waals surface area contributed by atoms with Gasteiger partial charge >= 0.3 is 5.97 Å². The van der Waals surface area contributed by atoms with Crippen LogP contribution >= 0.6 is 0 Å². The highest BCUT2D eigenvalue weighted by Gasteiger charge is 2.33. The first-order valence-electron chi connectivity index (χ1n) is 9.69. The van der Waals surface area contributed by atoms with Gasteiger partial charge in [-0.25, -0.2) is 8.42 Å². The fourth-order valence-corrected chi connectivity index (χ4v) is 4.78. The molecule has 0 saturated carbocycles. The van der Waals surface area contributed by atoms with Crippen molar-refractivity contribution in [2.45, 2.75) is 17.7 Å². The van der Waals surface area contributed by atoms with Gasteiger partial charge in [0.2, 0.25) is 15.8 Å². The van der Waals surface area contributed by atoms with Crippen LogP contribution in [0.25, 0.3) is 0 Å². The SMILES string of the molecule is COc1ccc(C(=O)COC(=O)C2CCN(S(=O)(=O)c3cccnc3)CC2)c(OC)c1. The fraction of sp³-hybridized carbons (Fsp3) is 0.381. The van der Waals surface area contributed by atoms with E-state index in [9.17, 15) is 18.0 Å². The molecule has 1 aromatic carbocycles. The van der Waals surface area contributed by atoms with E-state index in [1.807, 2.05) is 0 Å². The summed E-state index contributed by atoms with van der Waals surface area (Å²) < 4.78 is 42.1. The van der Waals surface area contributed by atoms with E-state index >= 15 is 0 Å². The predicted octanol–water partition coefficient (Wildman–Crippen LogP) is 1.93. The molecule has 0 atom stereocenters. The lowest BCUT2D eigenvalue weighted by Gasteiger charge is -2.30. The Morgan fingerprint density at radius 2 is 1.87 bits per heavy atom. The molecule has 3 rings (SSSR count). The molecular weight excluding hydrogens is 424 g/mol. The Morgan fingerprint density at radius 3 is 2.48 bits per heavy atom. The summed E-state index contributed by atoms with van der Waals surface area (Å²) in [6.45, 7) is -0.0375. The van der Waals surface area contributed by atoms with Gasteiger partial charge < -0.3 is 14.2 Å². The molecule has 0 radical (unpaired) electrons. The van der Waals surface area contributed by atoms with Gasteiger partial charge in [0.05, 0.1) is 25.7 Å². The summed E-state index contributed by atoms with van der Waals surface area (Å²) in [5, 5.41) is 0. The molecule has 0 N–H and O–H groups in total. The normalized spacial score (nSPS) is 15.3. The van der Waals surface area contributed by atoms with Gasteiger partial charge in [-0.1, -0.05) is 0 Å². The minimum Gasteiger partial charge on any atom is -0.497 e. The van der Waals surface area contributed by atoms with Crippen LogP contribution in [0.4, 0.5) is 0 Å². The Labute approximate surface area is 181 Å². The lowest BCUT2D eigenvalue weighted by Crippen LogP contribution is -2.40. The van der Waals surface area contributed by atoms with Crippen LogP contribution in [0.3, 0.4) is 0 Å². The Hall–Kier alpha value is -2.98. The van der Waals surface area contributed by atoms with Crippen LogP contribution in [-0.4, -0.2) is 63.4 Å². The number of sulfonamides is 1. The number of pyridine rings is 1.